The zero-order valence-electron chi connectivity index (χ0n) is 9.39. The van der Waals surface area contributed by atoms with Crippen LogP contribution in [0.2, 0.25) is 0 Å². The van der Waals surface area contributed by atoms with Gasteiger partial charge in [-0.15, -0.1) is 0 Å². The Labute approximate surface area is 100 Å². The number of hydrogen-bond acceptors (Lipinski definition) is 2. The number of carbonyl (C=O) groups excluding carboxylic acids is 1. The average molecular weight is 226 g/mol. The molecule has 0 heterocycles. The fourth-order valence-corrected chi connectivity index (χ4v) is 1.79. The number of carbonyl (C=O) groups is 1. The molecule has 0 aliphatic rings. The van der Waals surface area contributed by atoms with E-state index in [1.54, 1.807) is 6.07 Å². The summed E-state index contributed by atoms with van der Waals surface area (Å²) in [6.45, 7) is 0. The number of hydrogen-bond donors (Lipinski definition) is 2. The third-order valence-electron chi connectivity index (χ3n) is 2.63. The van der Waals surface area contributed by atoms with Crippen LogP contribution in [0.3, 0.4) is 0 Å². The Morgan fingerprint density at radius 3 is 2.35 bits per heavy atom. The molecule has 3 nitrogen and oxygen atoms in total. The molecule has 0 fully saturated rings. The topological polar surface area (TPSA) is 55.1 Å². The van der Waals surface area contributed by atoms with Crippen LogP contribution in [0.5, 0.6) is 0 Å². The molecule has 86 valence electrons. The summed E-state index contributed by atoms with van der Waals surface area (Å²) in [6, 6.07) is 17.5. The van der Waals surface area contributed by atoms with Crippen LogP contribution in [0.4, 0.5) is 0 Å². The zero-order chi connectivity index (χ0) is 12.1. The highest BCUT2D eigenvalue weighted by atomic mass is 16.2. The SMILES string of the molecule is NNC(=O)c1ccccc1Cc1ccccc1. The Hall–Kier alpha value is -2.13. The van der Waals surface area contributed by atoms with E-state index in [9.17, 15) is 4.79 Å². The summed E-state index contributed by atoms with van der Waals surface area (Å²) >= 11 is 0. The summed E-state index contributed by atoms with van der Waals surface area (Å²) in [6.07, 6.45) is 0.727. The van der Waals surface area contributed by atoms with Crippen molar-refractivity contribution in [1.29, 1.82) is 0 Å². The predicted molar refractivity (Wildman–Crippen MR) is 67.3 cm³/mol. The van der Waals surface area contributed by atoms with Gasteiger partial charge in [-0.25, -0.2) is 5.84 Å². The van der Waals surface area contributed by atoms with E-state index in [0.29, 0.717) is 5.56 Å². The summed E-state index contributed by atoms with van der Waals surface area (Å²) in [7, 11) is 0. The molecule has 0 radical (unpaired) electrons. The lowest BCUT2D eigenvalue weighted by Gasteiger charge is -2.08. The van der Waals surface area contributed by atoms with Crippen molar-refractivity contribution in [3.63, 3.8) is 0 Å². The lowest BCUT2D eigenvalue weighted by Crippen LogP contribution is -2.30. The summed E-state index contributed by atoms with van der Waals surface area (Å²) in [4.78, 5) is 11.6. The van der Waals surface area contributed by atoms with Gasteiger partial charge < -0.3 is 0 Å². The van der Waals surface area contributed by atoms with Crippen molar-refractivity contribution >= 4 is 5.91 Å². The molecule has 2 aromatic carbocycles. The molecular formula is C14H14N2O. The largest absolute Gasteiger partial charge is 0.290 e. The Bertz CT molecular complexity index is 509. The second-order valence-electron chi connectivity index (χ2n) is 3.79. The molecule has 0 saturated heterocycles. The van der Waals surface area contributed by atoms with Gasteiger partial charge in [0.05, 0.1) is 0 Å². The van der Waals surface area contributed by atoms with Gasteiger partial charge in [-0.1, -0.05) is 48.5 Å². The minimum absolute atomic E-state index is 0.253. The monoisotopic (exact) mass is 226 g/mol. The van der Waals surface area contributed by atoms with Gasteiger partial charge in [0, 0.05) is 5.56 Å². The Morgan fingerprint density at radius 2 is 1.65 bits per heavy atom. The van der Waals surface area contributed by atoms with Gasteiger partial charge in [0.15, 0.2) is 0 Å². The van der Waals surface area contributed by atoms with Crippen LogP contribution < -0.4 is 11.3 Å². The first-order valence-electron chi connectivity index (χ1n) is 5.44. The number of nitrogens with two attached hydrogens (primary N) is 1. The van der Waals surface area contributed by atoms with Gasteiger partial charge >= 0.3 is 0 Å². The number of nitrogens with one attached hydrogen (secondary N) is 1. The van der Waals surface area contributed by atoms with Crippen LogP contribution in [0.25, 0.3) is 0 Å². The predicted octanol–water partition coefficient (Wildman–Crippen LogP) is 1.88. The second-order valence-corrected chi connectivity index (χ2v) is 3.79. The van der Waals surface area contributed by atoms with Gasteiger partial charge in [-0.05, 0) is 23.6 Å². The highest BCUT2D eigenvalue weighted by Crippen LogP contribution is 2.14. The standard InChI is InChI=1S/C14H14N2O/c15-16-14(17)13-9-5-4-8-12(13)10-11-6-2-1-3-7-11/h1-9H,10,15H2,(H,16,17). The fraction of sp³-hybridized carbons (Fsp3) is 0.0714. The summed E-state index contributed by atoms with van der Waals surface area (Å²) < 4.78 is 0. The highest BCUT2D eigenvalue weighted by molar-refractivity contribution is 5.95. The third kappa shape index (κ3) is 2.71. The van der Waals surface area contributed by atoms with E-state index in [-0.39, 0.29) is 5.91 Å². The molecule has 0 spiro atoms. The summed E-state index contributed by atoms with van der Waals surface area (Å²) in [5, 5.41) is 0. The number of hydrazine groups is 1. The minimum Gasteiger partial charge on any atom is -0.290 e. The molecule has 0 unspecified atom stereocenters. The van der Waals surface area contributed by atoms with Crippen LogP contribution in [-0.4, -0.2) is 5.91 Å². The van der Waals surface area contributed by atoms with Crippen molar-refractivity contribution in [3.8, 4) is 0 Å². The van der Waals surface area contributed by atoms with Crippen molar-refractivity contribution in [2.75, 3.05) is 0 Å². The molecular weight excluding hydrogens is 212 g/mol. The van der Waals surface area contributed by atoms with E-state index in [2.05, 4.69) is 5.43 Å². The van der Waals surface area contributed by atoms with Crippen LogP contribution in [0.1, 0.15) is 21.5 Å². The van der Waals surface area contributed by atoms with Crippen molar-refractivity contribution in [3.05, 3.63) is 71.3 Å². The molecule has 0 atom stereocenters. The Morgan fingerprint density at radius 1 is 1.00 bits per heavy atom. The van der Waals surface area contributed by atoms with Gasteiger partial charge in [-0.3, -0.25) is 10.2 Å². The average Bonchev–Trinajstić information content (AvgIpc) is 2.40. The first-order valence-corrected chi connectivity index (χ1v) is 5.44. The van der Waals surface area contributed by atoms with Crippen LogP contribution in [0.15, 0.2) is 54.6 Å². The molecule has 3 heteroatoms. The van der Waals surface area contributed by atoms with Crippen LogP contribution in [-0.2, 0) is 6.42 Å². The maximum atomic E-state index is 11.6. The number of nitrogen functional groups attached to an aromatic ring is 1. The molecule has 1 amide bonds. The van der Waals surface area contributed by atoms with E-state index >= 15 is 0 Å². The van der Waals surface area contributed by atoms with Gasteiger partial charge in [-0.2, -0.15) is 0 Å². The van der Waals surface area contributed by atoms with Gasteiger partial charge in [0.2, 0.25) is 0 Å². The molecule has 3 N–H and O–H groups in total. The normalized spacial score (nSPS) is 9.94. The smallest absolute Gasteiger partial charge is 0.265 e. The van der Waals surface area contributed by atoms with E-state index in [1.807, 2.05) is 48.5 Å². The van der Waals surface area contributed by atoms with Crippen LogP contribution >= 0.6 is 0 Å². The molecule has 0 aliphatic heterocycles. The lowest BCUT2D eigenvalue weighted by molar-refractivity contribution is 0.0953. The molecule has 0 saturated carbocycles. The quantitative estimate of drug-likeness (QED) is 0.477. The summed E-state index contributed by atoms with van der Waals surface area (Å²) in [5.74, 6) is 4.91. The molecule has 2 aromatic rings. The zero-order valence-corrected chi connectivity index (χ0v) is 9.39. The molecule has 2 rings (SSSR count). The number of benzene rings is 2. The first kappa shape index (κ1) is 11.4. The van der Waals surface area contributed by atoms with E-state index < -0.39 is 0 Å². The van der Waals surface area contributed by atoms with Crippen molar-refractivity contribution in [2.24, 2.45) is 5.84 Å². The van der Waals surface area contributed by atoms with Gasteiger partial charge in [0.25, 0.3) is 5.91 Å². The number of rotatable bonds is 3. The maximum Gasteiger partial charge on any atom is 0.265 e. The fourth-order valence-electron chi connectivity index (χ4n) is 1.79. The molecule has 0 bridgehead atoms. The molecule has 0 aliphatic carbocycles. The van der Waals surface area contributed by atoms with E-state index in [4.69, 9.17) is 5.84 Å². The highest BCUT2D eigenvalue weighted by Gasteiger charge is 2.09. The summed E-state index contributed by atoms with van der Waals surface area (Å²) in [5.41, 5.74) is 4.94. The lowest BCUT2D eigenvalue weighted by atomic mass is 9.99. The van der Waals surface area contributed by atoms with Gasteiger partial charge in [0.1, 0.15) is 0 Å². The number of amides is 1. The second kappa shape index (κ2) is 5.27. The maximum absolute atomic E-state index is 11.6. The Balaban J connectivity index is 2.30. The minimum atomic E-state index is -0.253. The van der Waals surface area contributed by atoms with Crippen molar-refractivity contribution in [1.82, 2.24) is 5.43 Å². The Kier molecular flexibility index (Phi) is 3.52. The molecule has 17 heavy (non-hydrogen) atoms. The first-order chi connectivity index (χ1) is 8.31. The van der Waals surface area contributed by atoms with Crippen molar-refractivity contribution in [2.45, 2.75) is 6.42 Å². The van der Waals surface area contributed by atoms with E-state index in [1.165, 1.54) is 5.56 Å². The van der Waals surface area contributed by atoms with Crippen molar-refractivity contribution < 1.29 is 4.79 Å². The van der Waals surface area contributed by atoms with E-state index in [0.717, 1.165) is 12.0 Å². The third-order valence-corrected chi connectivity index (χ3v) is 2.63. The molecule has 0 aromatic heterocycles. The van der Waals surface area contributed by atoms with Crippen LogP contribution in [0, 0.1) is 0 Å².